The van der Waals surface area contributed by atoms with Crippen molar-refractivity contribution in [3.8, 4) is 0 Å². The van der Waals surface area contributed by atoms with E-state index in [2.05, 4.69) is 9.68 Å². The third-order valence-electron chi connectivity index (χ3n) is 2.03. The molecule has 1 heterocycles. The van der Waals surface area contributed by atoms with Crippen LogP contribution in [0.5, 0.6) is 0 Å². The molecule has 0 aliphatic heterocycles. The second kappa shape index (κ2) is 3.01. The molecule has 0 spiro atoms. The minimum Gasteiger partial charge on any atom is -0.312 e. The lowest BCUT2D eigenvalue weighted by Gasteiger charge is -1.98. The van der Waals surface area contributed by atoms with Crippen molar-refractivity contribution >= 4 is 10.8 Å². The predicted octanol–water partition coefficient (Wildman–Crippen LogP) is 1.75. The maximum atomic E-state index is 11.2. The second-order valence-corrected chi connectivity index (χ2v) is 2.82. The number of aryl methyl sites for hydroxylation is 1. The van der Waals surface area contributed by atoms with Crippen LogP contribution in [-0.4, -0.2) is 5.16 Å². The van der Waals surface area contributed by atoms with Crippen molar-refractivity contribution in [2.75, 3.05) is 0 Å². The van der Waals surface area contributed by atoms with E-state index in [0.29, 0.717) is 5.39 Å². The lowest BCUT2D eigenvalue weighted by atomic mass is 10.1. The van der Waals surface area contributed by atoms with Crippen molar-refractivity contribution in [3.63, 3.8) is 0 Å². The second-order valence-electron chi connectivity index (χ2n) is 2.82. The van der Waals surface area contributed by atoms with E-state index in [9.17, 15) is 4.79 Å². The van der Waals surface area contributed by atoms with Crippen molar-refractivity contribution in [3.05, 3.63) is 40.4 Å². The Hall–Kier alpha value is -1.64. The largest absolute Gasteiger partial charge is 0.366 e. The van der Waals surface area contributed by atoms with Gasteiger partial charge in [-0.25, -0.2) is 4.79 Å². The van der Waals surface area contributed by atoms with Gasteiger partial charge in [-0.3, -0.25) is 0 Å². The normalized spacial score (nSPS) is 10.5. The summed E-state index contributed by atoms with van der Waals surface area (Å²) in [5.74, 6) is 0. The van der Waals surface area contributed by atoms with Crippen LogP contribution in [0.15, 0.2) is 33.6 Å². The summed E-state index contributed by atoms with van der Waals surface area (Å²) in [5, 5.41) is 5.23. The number of rotatable bonds is 1. The zero-order valence-corrected chi connectivity index (χ0v) is 7.28. The highest BCUT2D eigenvalue weighted by Gasteiger charge is 2.04. The molecule has 0 saturated heterocycles. The first-order valence-electron chi connectivity index (χ1n) is 4.20. The lowest BCUT2D eigenvalue weighted by Crippen LogP contribution is -2.03. The van der Waals surface area contributed by atoms with E-state index in [-0.39, 0.29) is 5.63 Å². The molecule has 0 bridgehead atoms. The molecule has 1 aromatic heterocycles. The minimum absolute atomic E-state index is 0.368. The van der Waals surface area contributed by atoms with E-state index < -0.39 is 0 Å². The van der Waals surface area contributed by atoms with E-state index in [0.717, 1.165) is 17.5 Å². The first kappa shape index (κ1) is 7.98. The highest BCUT2D eigenvalue weighted by atomic mass is 16.5. The van der Waals surface area contributed by atoms with Gasteiger partial charge in [-0.15, -0.1) is 0 Å². The molecule has 0 atom stereocenters. The first-order chi connectivity index (χ1) is 6.33. The SMILES string of the molecule is CCc1noc(=O)c2ccccc12. The molecule has 0 aliphatic rings. The number of fused-ring (bicyclic) bond motifs is 1. The van der Waals surface area contributed by atoms with Gasteiger partial charge < -0.3 is 4.52 Å². The molecular formula is C10H9NO2. The van der Waals surface area contributed by atoms with Crippen molar-refractivity contribution in [1.82, 2.24) is 5.16 Å². The molecule has 13 heavy (non-hydrogen) atoms. The van der Waals surface area contributed by atoms with Gasteiger partial charge >= 0.3 is 5.63 Å². The van der Waals surface area contributed by atoms with E-state index in [4.69, 9.17) is 0 Å². The molecule has 66 valence electrons. The Morgan fingerprint density at radius 3 is 2.69 bits per heavy atom. The van der Waals surface area contributed by atoms with Crippen LogP contribution in [0.25, 0.3) is 10.8 Å². The Morgan fingerprint density at radius 1 is 1.31 bits per heavy atom. The van der Waals surface area contributed by atoms with Gasteiger partial charge in [0.2, 0.25) is 0 Å². The van der Waals surface area contributed by atoms with Gasteiger partial charge in [-0.05, 0) is 12.5 Å². The van der Waals surface area contributed by atoms with Gasteiger partial charge in [0, 0.05) is 5.39 Å². The maximum absolute atomic E-state index is 11.2. The fourth-order valence-corrected chi connectivity index (χ4v) is 1.36. The van der Waals surface area contributed by atoms with Crippen LogP contribution < -0.4 is 5.63 Å². The number of hydrogen-bond acceptors (Lipinski definition) is 3. The monoisotopic (exact) mass is 175 g/mol. The smallest absolute Gasteiger partial charge is 0.312 e. The molecule has 1 aromatic carbocycles. The molecule has 0 aliphatic carbocycles. The Labute approximate surface area is 75.0 Å². The third-order valence-corrected chi connectivity index (χ3v) is 2.03. The molecule has 3 heteroatoms. The van der Waals surface area contributed by atoms with Crippen molar-refractivity contribution < 1.29 is 4.52 Å². The average Bonchev–Trinajstić information content (AvgIpc) is 2.19. The molecule has 2 rings (SSSR count). The van der Waals surface area contributed by atoms with Gasteiger partial charge in [0.25, 0.3) is 0 Å². The van der Waals surface area contributed by atoms with E-state index in [1.165, 1.54) is 0 Å². The van der Waals surface area contributed by atoms with E-state index >= 15 is 0 Å². The van der Waals surface area contributed by atoms with Crippen LogP contribution in [-0.2, 0) is 6.42 Å². The molecular weight excluding hydrogens is 166 g/mol. The number of aromatic nitrogens is 1. The maximum Gasteiger partial charge on any atom is 0.366 e. The zero-order chi connectivity index (χ0) is 9.26. The fraction of sp³-hybridized carbons (Fsp3) is 0.200. The van der Waals surface area contributed by atoms with Crippen molar-refractivity contribution in [2.45, 2.75) is 13.3 Å². The number of nitrogens with zero attached hydrogens (tertiary/aromatic N) is 1. The number of hydrogen-bond donors (Lipinski definition) is 0. The van der Waals surface area contributed by atoms with Crippen LogP contribution in [0.4, 0.5) is 0 Å². The molecule has 0 saturated carbocycles. The van der Waals surface area contributed by atoms with E-state index in [1.54, 1.807) is 6.07 Å². The van der Waals surface area contributed by atoms with Crippen LogP contribution in [0.2, 0.25) is 0 Å². The highest BCUT2D eigenvalue weighted by molar-refractivity contribution is 5.82. The molecule has 0 radical (unpaired) electrons. The standard InChI is InChI=1S/C10H9NO2/c1-2-9-7-5-3-4-6-8(7)10(12)13-11-9/h3-6H,2H2,1H3. The van der Waals surface area contributed by atoms with Gasteiger partial charge in [0.05, 0.1) is 11.1 Å². The highest BCUT2D eigenvalue weighted by Crippen LogP contribution is 2.12. The van der Waals surface area contributed by atoms with Crippen LogP contribution >= 0.6 is 0 Å². The number of benzene rings is 1. The van der Waals surface area contributed by atoms with Crippen LogP contribution in [0, 0.1) is 0 Å². The van der Waals surface area contributed by atoms with Gasteiger partial charge in [0.1, 0.15) is 0 Å². The van der Waals surface area contributed by atoms with Gasteiger partial charge in [-0.2, -0.15) is 0 Å². The van der Waals surface area contributed by atoms with Crippen molar-refractivity contribution in [1.29, 1.82) is 0 Å². The Morgan fingerprint density at radius 2 is 2.00 bits per heavy atom. The quantitative estimate of drug-likeness (QED) is 0.663. The summed E-state index contributed by atoms with van der Waals surface area (Å²) in [4.78, 5) is 11.2. The molecule has 3 nitrogen and oxygen atoms in total. The zero-order valence-electron chi connectivity index (χ0n) is 7.28. The molecule has 0 unspecified atom stereocenters. The Kier molecular flexibility index (Phi) is 1.85. The third kappa shape index (κ3) is 1.22. The first-order valence-corrected chi connectivity index (χ1v) is 4.20. The summed E-state index contributed by atoms with van der Waals surface area (Å²) in [7, 11) is 0. The summed E-state index contributed by atoms with van der Waals surface area (Å²) in [5.41, 5.74) is 0.461. The Balaban J connectivity index is 2.93. The summed E-state index contributed by atoms with van der Waals surface area (Å²) < 4.78 is 4.66. The Bertz CT molecular complexity index is 487. The van der Waals surface area contributed by atoms with Gasteiger partial charge in [0.15, 0.2) is 0 Å². The van der Waals surface area contributed by atoms with Gasteiger partial charge in [-0.1, -0.05) is 30.3 Å². The predicted molar refractivity (Wildman–Crippen MR) is 49.7 cm³/mol. The summed E-state index contributed by atoms with van der Waals surface area (Å²) in [6.45, 7) is 1.98. The minimum atomic E-state index is -0.368. The topological polar surface area (TPSA) is 43.1 Å². The van der Waals surface area contributed by atoms with E-state index in [1.807, 2.05) is 25.1 Å². The molecule has 0 fully saturated rings. The molecule has 0 N–H and O–H groups in total. The lowest BCUT2D eigenvalue weighted by molar-refractivity contribution is 0.368. The average molecular weight is 175 g/mol. The molecule has 2 aromatic rings. The van der Waals surface area contributed by atoms with Crippen LogP contribution in [0.3, 0.4) is 0 Å². The summed E-state index contributed by atoms with van der Waals surface area (Å²) in [6, 6.07) is 7.35. The van der Waals surface area contributed by atoms with Crippen molar-refractivity contribution in [2.24, 2.45) is 0 Å². The van der Waals surface area contributed by atoms with Crippen LogP contribution in [0.1, 0.15) is 12.6 Å². The summed E-state index contributed by atoms with van der Waals surface area (Å²) in [6.07, 6.45) is 0.768. The fourth-order valence-electron chi connectivity index (χ4n) is 1.36. The summed E-state index contributed by atoms with van der Waals surface area (Å²) >= 11 is 0. The molecule has 0 amide bonds.